The largest absolute Gasteiger partial charge is 0.314 e. The minimum atomic E-state index is -3.12. The van der Waals surface area contributed by atoms with Gasteiger partial charge in [-0.1, -0.05) is 48.8 Å². The molecular weight excluding hydrogens is 403 g/mol. The third kappa shape index (κ3) is 4.15. The number of carbonyl (C=O) groups excluding carboxylic acids is 1. The molecule has 2 atom stereocenters. The first-order chi connectivity index (χ1) is 11.7. The molecule has 2 heterocycles. The van der Waals surface area contributed by atoms with Crippen molar-refractivity contribution in [1.82, 2.24) is 0 Å². The lowest BCUT2D eigenvalue weighted by Crippen LogP contribution is -2.38. The number of aliphatic imine (C=N–C) groups is 1. The maximum absolute atomic E-state index is 12.2. The lowest BCUT2D eigenvalue weighted by atomic mass is 10.1. The summed E-state index contributed by atoms with van der Waals surface area (Å²) in [4.78, 5) is 18.2. The summed E-state index contributed by atoms with van der Waals surface area (Å²) in [5.74, 6) is 0.0779. The molecule has 0 saturated carbocycles. The topological polar surface area (TPSA) is 66.8 Å². The quantitative estimate of drug-likeness (QED) is 0.746. The molecule has 136 valence electrons. The molecular formula is C16H18Cl2N2O3S2. The highest BCUT2D eigenvalue weighted by atomic mass is 35.5. The van der Waals surface area contributed by atoms with Crippen molar-refractivity contribution < 1.29 is 13.2 Å². The number of benzene rings is 1. The average Bonchev–Trinajstić information content (AvgIpc) is 2.92. The number of amidine groups is 1. The van der Waals surface area contributed by atoms with E-state index in [0.717, 1.165) is 0 Å². The van der Waals surface area contributed by atoms with Gasteiger partial charge >= 0.3 is 0 Å². The molecule has 1 aromatic rings. The van der Waals surface area contributed by atoms with E-state index in [2.05, 4.69) is 4.99 Å². The molecule has 0 aliphatic carbocycles. The summed E-state index contributed by atoms with van der Waals surface area (Å²) in [5, 5.41) is 1.27. The van der Waals surface area contributed by atoms with Crippen LogP contribution < -0.4 is 4.90 Å². The summed E-state index contributed by atoms with van der Waals surface area (Å²) in [7, 11) is -3.12. The van der Waals surface area contributed by atoms with Gasteiger partial charge < -0.3 is 4.90 Å². The smallest absolute Gasteiger partial charge is 0.248 e. The highest BCUT2D eigenvalue weighted by Crippen LogP contribution is 2.43. The van der Waals surface area contributed by atoms with Crippen LogP contribution in [-0.4, -0.2) is 42.3 Å². The average molecular weight is 421 g/mol. The predicted octanol–water partition coefficient (Wildman–Crippen LogP) is 3.64. The number of thioether (sulfide) groups is 1. The summed E-state index contributed by atoms with van der Waals surface area (Å²) in [6.45, 7) is 3.90. The zero-order chi connectivity index (χ0) is 18.4. The van der Waals surface area contributed by atoms with Gasteiger partial charge in [-0.25, -0.2) is 8.42 Å². The van der Waals surface area contributed by atoms with Gasteiger partial charge in [-0.3, -0.25) is 4.79 Å². The Balaban J connectivity index is 2.02. The number of hydrogen-bond donors (Lipinski definition) is 0. The Morgan fingerprint density at radius 1 is 1.36 bits per heavy atom. The first-order valence-corrected chi connectivity index (χ1v) is 11.3. The van der Waals surface area contributed by atoms with Crippen LogP contribution in [0.15, 0.2) is 23.2 Å². The maximum atomic E-state index is 12.2. The first kappa shape index (κ1) is 19.0. The fraction of sp³-hybridized carbons (Fsp3) is 0.500. The van der Waals surface area contributed by atoms with E-state index >= 15 is 0 Å². The van der Waals surface area contributed by atoms with Crippen LogP contribution in [0.4, 0.5) is 5.69 Å². The Labute approximate surface area is 161 Å². The summed E-state index contributed by atoms with van der Waals surface area (Å²) in [6.07, 6.45) is 0.342. The van der Waals surface area contributed by atoms with Gasteiger partial charge in [0, 0.05) is 16.7 Å². The van der Waals surface area contributed by atoms with E-state index in [9.17, 15) is 13.2 Å². The van der Waals surface area contributed by atoms with Crippen molar-refractivity contribution in [2.75, 3.05) is 16.4 Å². The van der Waals surface area contributed by atoms with E-state index in [0.29, 0.717) is 27.3 Å². The molecule has 1 aromatic carbocycles. The Morgan fingerprint density at radius 2 is 2.08 bits per heavy atom. The Kier molecular flexibility index (Phi) is 5.40. The van der Waals surface area contributed by atoms with E-state index in [1.54, 1.807) is 23.1 Å². The number of amides is 1. The zero-order valence-electron chi connectivity index (χ0n) is 13.8. The summed E-state index contributed by atoms with van der Waals surface area (Å²) in [6, 6.07) is 4.71. The zero-order valence-corrected chi connectivity index (χ0v) is 16.9. The van der Waals surface area contributed by atoms with Gasteiger partial charge in [0.25, 0.3) is 0 Å². The Hall–Kier alpha value is -0.760. The third-order valence-corrected chi connectivity index (χ3v) is 7.80. The minimum Gasteiger partial charge on any atom is -0.314 e. The van der Waals surface area contributed by atoms with Crippen LogP contribution in [0.1, 0.15) is 20.3 Å². The number of nitrogens with zero attached hydrogens (tertiary/aromatic N) is 2. The normalized spacial score (nSPS) is 26.4. The molecule has 25 heavy (non-hydrogen) atoms. The third-order valence-electron chi connectivity index (χ3n) is 4.04. The Morgan fingerprint density at radius 3 is 2.76 bits per heavy atom. The number of sulfone groups is 1. The monoisotopic (exact) mass is 420 g/mol. The second kappa shape index (κ2) is 7.10. The van der Waals surface area contributed by atoms with Crippen molar-refractivity contribution >= 4 is 61.6 Å². The summed E-state index contributed by atoms with van der Waals surface area (Å²) >= 11 is 13.8. The highest BCUT2D eigenvalue weighted by Gasteiger charge is 2.49. The van der Waals surface area contributed by atoms with Gasteiger partial charge in [0.1, 0.15) is 0 Å². The second-order valence-electron chi connectivity index (χ2n) is 6.65. The van der Waals surface area contributed by atoms with Crippen molar-refractivity contribution in [2.24, 2.45) is 10.9 Å². The molecule has 0 unspecified atom stereocenters. The molecule has 2 fully saturated rings. The Bertz CT molecular complexity index is 840. The van der Waals surface area contributed by atoms with E-state index in [-0.39, 0.29) is 34.6 Å². The SMILES string of the molecule is CC(C)CC(=O)N=C1S[C@H]2CS(=O)(=O)C[C@H]2N1c1cc(Cl)ccc1Cl. The summed E-state index contributed by atoms with van der Waals surface area (Å²) < 4.78 is 24.1. The molecule has 0 aromatic heterocycles. The molecule has 9 heteroatoms. The van der Waals surface area contributed by atoms with Crippen LogP contribution in [0.25, 0.3) is 0 Å². The second-order valence-corrected chi connectivity index (χ2v) is 10.9. The van der Waals surface area contributed by atoms with Crippen LogP contribution >= 0.6 is 35.0 Å². The molecule has 2 aliphatic rings. The number of anilines is 1. The van der Waals surface area contributed by atoms with Gasteiger partial charge in [-0.15, -0.1) is 0 Å². The molecule has 0 spiro atoms. The minimum absolute atomic E-state index is 0.0187. The number of carbonyl (C=O) groups is 1. The lowest BCUT2D eigenvalue weighted by Gasteiger charge is -2.25. The van der Waals surface area contributed by atoms with Gasteiger partial charge in [-0.2, -0.15) is 4.99 Å². The van der Waals surface area contributed by atoms with Crippen molar-refractivity contribution in [1.29, 1.82) is 0 Å². The van der Waals surface area contributed by atoms with E-state index in [1.807, 2.05) is 13.8 Å². The number of fused-ring (bicyclic) bond motifs is 1. The van der Waals surface area contributed by atoms with Crippen LogP contribution in [0.3, 0.4) is 0 Å². The van der Waals surface area contributed by atoms with Crippen LogP contribution in [-0.2, 0) is 14.6 Å². The van der Waals surface area contributed by atoms with Gasteiger partial charge in [0.15, 0.2) is 15.0 Å². The van der Waals surface area contributed by atoms with E-state index < -0.39 is 9.84 Å². The molecule has 0 N–H and O–H groups in total. The molecule has 5 nitrogen and oxygen atoms in total. The van der Waals surface area contributed by atoms with Gasteiger partial charge in [-0.05, 0) is 24.1 Å². The van der Waals surface area contributed by atoms with Crippen molar-refractivity contribution in [3.05, 3.63) is 28.2 Å². The van der Waals surface area contributed by atoms with Crippen molar-refractivity contribution in [3.8, 4) is 0 Å². The first-order valence-electron chi connectivity index (χ1n) is 7.89. The van der Waals surface area contributed by atoms with Gasteiger partial charge in [0.05, 0.1) is 28.3 Å². The lowest BCUT2D eigenvalue weighted by molar-refractivity contribution is -0.118. The van der Waals surface area contributed by atoms with Gasteiger partial charge in [0.2, 0.25) is 5.91 Å². The standard InChI is InChI=1S/C16H18Cl2N2O3S2/c1-9(2)5-15(21)19-16-20(12-6-10(17)3-4-11(12)18)13-7-25(22,23)8-14(13)24-16/h3-4,6,9,13-14H,5,7-8H2,1-2H3/t13-,14+/m1/s1. The van der Waals surface area contributed by atoms with Crippen LogP contribution in [0.5, 0.6) is 0 Å². The molecule has 0 radical (unpaired) electrons. The van der Waals surface area contributed by atoms with Crippen LogP contribution in [0.2, 0.25) is 10.0 Å². The molecule has 1 amide bonds. The molecule has 2 saturated heterocycles. The number of hydrogen-bond acceptors (Lipinski definition) is 4. The van der Waals surface area contributed by atoms with E-state index in [1.165, 1.54) is 11.8 Å². The van der Waals surface area contributed by atoms with Crippen molar-refractivity contribution in [3.63, 3.8) is 0 Å². The predicted molar refractivity (Wildman–Crippen MR) is 105 cm³/mol. The molecule has 2 aliphatic heterocycles. The van der Waals surface area contributed by atoms with Crippen LogP contribution in [0, 0.1) is 5.92 Å². The highest BCUT2D eigenvalue weighted by molar-refractivity contribution is 8.16. The number of halogens is 2. The number of rotatable bonds is 3. The molecule has 0 bridgehead atoms. The molecule has 3 rings (SSSR count). The maximum Gasteiger partial charge on any atom is 0.248 e. The van der Waals surface area contributed by atoms with E-state index in [4.69, 9.17) is 23.2 Å². The fourth-order valence-corrected chi connectivity index (χ4v) is 7.32. The summed E-state index contributed by atoms with van der Waals surface area (Å²) in [5.41, 5.74) is 0.586. The van der Waals surface area contributed by atoms with Crippen molar-refractivity contribution in [2.45, 2.75) is 31.6 Å². The fourth-order valence-electron chi connectivity index (χ4n) is 3.02.